The predicted octanol–water partition coefficient (Wildman–Crippen LogP) is 4.35. The van der Waals surface area contributed by atoms with Crippen molar-refractivity contribution in [3.63, 3.8) is 0 Å². The second-order valence-electron chi connectivity index (χ2n) is 8.71. The Morgan fingerprint density at radius 1 is 1.18 bits per heavy atom. The van der Waals surface area contributed by atoms with Crippen LogP contribution >= 0.6 is 0 Å². The monoisotopic (exact) mass is 442 g/mol. The molecule has 0 radical (unpaired) electrons. The van der Waals surface area contributed by atoms with Crippen LogP contribution in [-0.4, -0.2) is 25.6 Å². The molecule has 3 aliphatic rings. The van der Waals surface area contributed by atoms with E-state index in [0.717, 1.165) is 41.2 Å². The summed E-state index contributed by atoms with van der Waals surface area (Å²) < 4.78 is 0. The largest absolute Gasteiger partial charge is 0.362 e. The maximum atomic E-state index is 12.9. The van der Waals surface area contributed by atoms with E-state index in [1.165, 1.54) is 24.0 Å². The van der Waals surface area contributed by atoms with Crippen molar-refractivity contribution in [1.82, 2.24) is 5.32 Å². The fourth-order valence-electron chi connectivity index (χ4n) is 4.67. The van der Waals surface area contributed by atoms with Gasteiger partial charge in [-0.1, -0.05) is 30.8 Å². The second kappa shape index (κ2) is 9.45. The first kappa shape index (κ1) is 22.5. The zero-order chi connectivity index (χ0) is 23.4. The second-order valence-corrected chi connectivity index (χ2v) is 8.71. The van der Waals surface area contributed by atoms with E-state index in [1.807, 2.05) is 37.4 Å². The van der Waals surface area contributed by atoms with Gasteiger partial charge in [-0.2, -0.15) is 0 Å². The van der Waals surface area contributed by atoms with Gasteiger partial charge in [0.15, 0.2) is 0 Å². The molecule has 6 nitrogen and oxygen atoms in total. The highest BCUT2D eigenvalue weighted by molar-refractivity contribution is 6.07. The van der Waals surface area contributed by atoms with Gasteiger partial charge in [0.1, 0.15) is 0 Å². The molecule has 1 heterocycles. The van der Waals surface area contributed by atoms with Gasteiger partial charge < -0.3 is 16.0 Å². The van der Waals surface area contributed by atoms with Crippen LogP contribution in [0.25, 0.3) is 0 Å². The number of nitrogens with one attached hydrogen (secondary N) is 3. The number of allylic oxidation sites excluding steroid dienone is 2. The molecule has 2 aromatic carbocycles. The zero-order valence-corrected chi connectivity index (χ0v) is 19.2. The summed E-state index contributed by atoms with van der Waals surface area (Å²) in [4.78, 5) is 26.4. The topological polar surface area (TPSA) is 82.6 Å². The molecule has 1 fully saturated rings. The quantitative estimate of drug-likeness (QED) is 0.353. The molecule has 1 unspecified atom stereocenters. The van der Waals surface area contributed by atoms with Crippen molar-refractivity contribution in [2.24, 2.45) is 10.9 Å². The molecule has 2 aromatic rings. The van der Waals surface area contributed by atoms with E-state index in [-0.39, 0.29) is 5.91 Å². The summed E-state index contributed by atoms with van der Waals surface area (Å²) in [5, 5.41) is 8.73. The van der Waals surface area contributed by atoms with Crippen LogP contribution in [0.3, 0.4) is 0 Å². The van der Waals surface area contributed by atoms with Gasteiger partial charge in [0.25, 0.3) is 0 Å². The SMILES string of the molecule is C=C(/C=C(\N=CC)C1CC1)Nc1ccc2c(c1)CC1(C2)C(=O)Nc2ccccc21.CNC=O. The molecule has 1 saturated carbocycles. The van der Waals surface area contributed by atoms with Crippen LogP contribution in [0.2, 0.25) is 0 Å². The number of para-hydroxylation sites is 1. The smallest absolute Gasteiger partial charge is 0.235 e. The molecule has 1 spiro atoms. The maximum Gasteiger partial charge on any atom is 0.235 e. The predicted molar refractivity (Wildman–Crippen MR) is 133 cm³/mol. The highest BCUT2D eigenvalue weighted by Gasteiger charge is 2.50. The molecule has 5 rings (SSSR count). The number of hydrogen-bond acceptors (Lipinski definition) is 4. The third-order valence-electron chi connectivity index (χ3n) is 6.33. The van der Waals surface area contributed by atoms with E-state index in [0.29, 0.717) is 12.3 Å². The van der Waals surface area contributed by atoms with Crippen molar-refractivity contribution in [3.05, 3.63) is 83.2 Å². The molecule has 0 aromatic heterocycles. The lowest BCUT2D eigenvalue weighted by molar-refractivity contribution is -0.120. The Morgan fingerprint density at radius 2 is 1.91 bits per heavy atom. The third kappa shape index (κ3) is 4.60. The maximum absolute atomic E-state index is 12.9. The molecule has 1 atom stereocenters. The van der Waals surface area contributed by atoms with Gasteiger partial charge in [-0.15, -0.1) is 0 Å². The van der Waals surface area contributed by atoms with Crippen LogP contribution in [-0.2, 0) is 27.8 Å². The average molecular weight is 443 g/mol. The average Bonchev–Trinajstić information content (AvgIpc) is 3.54. The van der Waals surface area contributed by atoms with Crippen LogP contribution in [0.15, 0.2) is 71.5 Å². The molecule has 0 saturated heterocycles. The first-order valence-corrected chi connectivity index (χ1v) is 11.3. The molecule has 170 valence electrons. The van der Waals surface area contributed by atoms with Crippen LogP contribution < -0.4 is 16.0 Å². The summed E-state index contributed by atoms with van der Waals surface area (Å²) in [6, 6.07) is 14.4. The summed E-state index contributed by atoms with van der Waals surface area (Å²) in [6.45, 7) is 6.11. The van der Waals surface area contributed by atoms with Crippen molar-refractivity contribution < 1.29 is 9.59 Å². The van der Waals surface area contributed by atoms with E-state index < -0.39 is 5.41 Å². The van der Waals surface area contributed by atoms with Gasteiger partial charge in [-0.3, -0.25) is 14.6 Å². The Hall–Kier alpha value is -3.67. The van der Waals surface area contributed by atoms with E-state index in [1.54, 1.807) is 7.05 Å². The van der Waals surface area contributed by atoms with Gasteiger partial charge in [-0.05, 0) is 73.6 Å². The minimum Gasteiger partial charge on any atom is -0.362 e. The zero-order valence-electron chi connectivity index (χ0n) is 19.2. The number of hydrogen-bond donors (Lipinski definition) is 3. The highest BCUT2D eigenvalue weighted by Crippen LogP contribution is 2.47. The number of anilines is 2. The summed E-state index contributed by atoms with van der Waals surface area (Å²) >= 11 is 0. The molecule has 1 aliphatic heterocycles. The lowest BCUT2D eigenvalue weighted by Crippen LogP contribution is -2.35. The van der Waals surface area contributed by atoms with E-state index in [2.05, 4.69) is 51.8 Å². The number of carbonyl (C=O) groups excluding carboxylic acids is 2. The number of carbonyl (C=O) groups is 2. The molecule has 3 N–H and O–H groups in total. The van der Waals surface area contributed by atoms with Crippen molar-refractivity contribution in [2.45, 2.75) is 38.0 Å². The van der Waals surface area contributed by atoms with E-state index in [9.17, 15) is 4.79 Å². The lowest BCUT2D eigenvalue weighted by atomic mass is 9.79. The summed E-state index contributed by atoms with van der Waals surface area (Å²) in [6.07, 6.45) is 8.42. The van der Waals surface area contributed by atoms with Crippen molar-refractivity contribution in [3.8, 4) is 0 Å². The van der Waals surface area contributed by atoms with Crippen molar-refractivity contribution in [1.29, 1.82) is 0 Å². The molecule has 33 heavy (non-hydrogen) atoms. The van der Waals surface area contributed by atoms with E-state index >= 15 is 0 Å². The van der Waals surface area contributed by atoms with Crippen molar-refractivity contribution in [2.75, 3.05) is 17.7 Å². The van der Waals surface area contributed by atoms with Gasteiger partial charge in [-0.25, -0.2) is 0 Å². The fraction of sp³-hybridized carbons (Fsp3) is 0.296. The molecule has 2 aliphatic carbocycles. The molecule has 2 amide bonds. The minimum absolute atomic E-state index is 0.114. The first-order chi connectivity index (χ1) is 16.0. The van der Waals surface area contributed by atoms with Gasteiger partial charge in [0.05, 0.1) is 5.41 Å². The van der Waals surface area contributed by atoms with E-state index in [4.69, 9.17) is 4.79 Å². The normalized spacial score (nSPS) is 20.5. The summed E-state index contributed by atoms with van der Waals surface area (Å²) in [7, 11) is 1.56. The number of benzene rings is 2. The Bertz CT molecular complexity index is 1150. The number of rotatable bonds is 6. The summed E-state index contributed by atoms with van der Waals surface area (Å²) in [5.41, 5.74) is 7.03. The van der Waals surface area contributed by atoms with Gasteiger partial charge >= 0.3 is 0 Å². The molecule has 6 heteroatoms. The fourth-order valence-corrected chi connectivity index (χ4v) is 4.67. The number of fused-ring (bicyclic) bond motifs is 3. The van der Waals surface area contributed by atoms with Crippen LogP contribution in [0.5, 0.6) is 0 Å². The standard InChI is InChI=1S/C25H25N3O.C2H5NO/c1-3-26-23(17-8-9-17)12-16(2)27-20-11-10-18-14-25(15-19(18)13-20)21-6-4-5-7-22(21)28-24(25)29;1-3-2-4/h3-7,10-13,17,27H,2,8-9,14-15H2,1H3,(H,28,29);2H,1H3,(H,3,4)/b23-12-,26-3?;. The van der Waals surface area contributed by atoms with Gasteiger partial charge in [0, 0.05) is 41.9 Å². The van der Waals surface area contributed by atoms with Gasteiger partial charge in [0.2, 0.25) is 12.3 Å². The lowest BCUT2D eigenvalue weighted by Gasteiger charge is -2.20. The van der Waals surface area contributed by atoms with Crippen molar-refractivity contribution >= 4 is 29.9 Å². The Balaban J connectivity index is 0.000000601. The Kier molecular flexibility index (Phi) is 6.45. The minimum atomic E-state index is -0.469. The van der Waals surface area contributed by atoms with Crippen LogP contribution in [0, 0.1) is 5.92 Å². The first-order valence-electron chi connectivity index (χ1n) is 11.3. The molecular formula is C27H30N4O2. The summed E-state index contributed by atoms with van der Waals surface area (Å²) in [5.74, 6) is 0.689. The van der Waals surface area contributed by atoms with Crippen LogP contribution in [0.1, 0.15) is 36.5 Å². The third-order valence-corrected chi connectivity index (χ3v) is 6.33. The van der Waals surface area contributed by atoms with Crippen LogP contribution in [0.4, 0.5) is 11.4 Å². The Labute approximate surface area is 194 Å². The molecule has 0 bridgehead atoms. The number of aliphatic imine (C=N–C) groups is 1. The number of nitrogens with zero attached hydrogens (tertiary/aromatic N) is 1. The Morgan fingerprint density at radius 3 is 2.61 bits per heavy atom. The molecular weight excluding hydrogens is 412 g/mol. The number of amides is 2. The highest BCUT2D eigenvalue weighted by atomic mass is 16.2.